The number of nitrogens with zero attached hydrogens (tertiary/aromatic N) is 1. The largest absolute Gasteiger partial charge is 0.493 e. The lowest BCUT2D eigenvalue weighted by Crippen LogP contribution is -2.40. The van der Waals surface area contributed by atoms with Crippen molar-refractivity contribution >= 4 is 21.8 Å². The van der Waals surface area contributed by atoms with Crippen LogP contribution in [-0.4, -0.2) is 45.8 Å². The highest BCUT2D eigenvalue weighted by Gasteiger charge is 2.35. The number of amides is 1. The summed E-state index contributed by atoms with van der Waals surface area (Å²) >= 11 is 3.53. The summed E-state index contributed by atoms with van der Waals surface area (Å²) in [7, 11) is 6.45. The van der Waals surface area contributed by atoms with E-state index in [-0.39, 0.29) is 11.9 Å². The monoisotopic (exact) mass is 511 g/mol. The van der Waals surface area contributed by atoms with Crippen molar-refractivity contribution in [3.63, 3.8) is 0 Å². The van der Waals surface area contributed by atoms with Gasteiger partial charge in [0.15, 0.2) is 23.0 Å². The zero-order valence-electron chi connectivity index (χ0n) is 19.1. The first-order valence-electron chi connectivity index (χ1n) is 10.5. The topological polar surface area (TPSA) is 57.2 Å². The Morgan fingerprint density at radius 1 is 0.848 bits per heavy atom. The van der Waals surface area contributed by atoms with Gasteiger partial charge < -0.3 is 23.8 Å². The molecule has 33 heavy (non-hydrogen) atoms. The molecule has 0 radical (unpaired) electrons. The molecule has 0 bridgehead atoms. The van der Waals surface area contributed by atoms with Gasteiger partial charge in [-0.05, 0) is 75.4 Å². The van der Waals surface area contributed by atoms with Gasteiger partial charge in [0.2, 0.25) is 0 Å². The van der Waals surface area contributed by atoms with Gasteiger partial charge in [0.1, 0.15) is 0 Å². The Labute approximate surface area is 202 Å². The van der Waals surface area contributed by atoms with Gasteiger partial charge in [-0.3, -0.25) is 4.79 Å². The molecule has 0 aliphatic carbocycles. The van der Waals surface area contributed by atoms with Gasteiger partial charge >= 0.3 is 0 Å². The predicted octanol–water partition coefficient (Wildman–Crippen LogP) is 5.27. The van der Waals surface area contributed by atoms with Crippen LogP contribution in [0.4, 0.5) is 0 Å². The third-order valence-electron chi connectivity index (χ3n) is 5.96. The van der Waals surface area contributed by atoms with Gasteiger partial charge in [-0.2, -0.15) is 0 Å². The number of halogens is 1. The predicted molar refractivity (Wildman–Crippen MR) is 130 cm³/mol. The van der Waals surface area contributed by atoms with E-state index in [9.17, 15) is 4.79 Å². The molecule has 3 aromatic carbocycles. The highest BCUT2D eigenvalue weighted by atomic mass is 79.9. The van der Waals surface area contributed by atoms with E-state index in [0.717, 1.165) is 21.2 Å². The van der Waals surface area contributed by atoms with E-state index >= 15 is 0 Å². The van der Waals surface area contributed by atoms with Crippen LogP contribution in [0.3, 0.4) is 0 Å². The molecule has 0 aromatic heterocycles. The third-order valence-corrected chi connectivity index (χ3v) is 6.65. The lowest BCUT2D eigenvalue weighted by atomic mass is 9.87. The summed E-state index contributed by atoms with van der Waals surface area (Å²) in [5, 5.41) is 0. The second-order valence-corrected chi connectivity index (χ2v) is 8.51. The minimum absolute atomic E-state index is 0.0531. The van der Waals surface area contributed by atoms with Gasteiger partial charge in [0.05, 0.1) is 40.0 Å². The van der Waals surface area contributed by atoms with E-state index in [2.05, 4.69) is 15.9 Å². The van der Waals surface area contributed by atoms with Gasteiger partial charge in [-0.1, -0.05) is 18.2 Å². The molecule has 0 N–H and O–H groups in total. The molecule has 0 saturated carbocycles. The second-order valence-electron chi connectivity index (χ2n) is 7.65. The van der Waals surface area contributed by atoms with Gasteiger partial charge in [-0.25, -0.2) is 0 Å². The Balaban J connectivity index is 1.90. The lowest BCUT2D eigenvalue weighted by Gasteiger charge is -2.38. The van der Waals surface area contributed by atoms with Crippen molar-refractivity contribution in [2.45, 2.75) is 12.5 Å². The molecule has 0 saturated heterocycles. The summed E-state index contributed by atoms with van der Waals surface area (Å²) in [5.74, 6) is 2.48. The van der Waals surface area contributed by atoms with E-state index in [1.54, 1.807) is 28.4 Å². The van der Waals surface area contributed by atoms with Crippen molar-refractivity contribution in [1.82, 2.24) is 4.90 Å². The summed E-state index contributed by atoms with van der Waals surface area (Å²) in [6, 6.07) is 16.9. The number of ether oxygens (including phenoxy) is 4. The highest BCUT2D eigenvalue weighted by molar-refractivity contribution is 9.10. The Morgan fingerprint density at radius 2 is 1.48 bits per heavy atom. The van der Waals surface area contributed by atoms with Gasteiger partial charge in [0, 0.05) is 11.0 Å². The van der Waals surface area contributed by atoms with Crippen molar-refractivity contribution in [1.29, 1.82) is 0 Å². The van der Waals surface area contributed by atoms with Crippen LogP contribution in [0.2, 0.25) is 0 Å². The molecule has 172 valence electrons. The summed E-state index contributed by atoms with van der Waals surface area (Å²) in [4.78, 5) is 15.7. The molecular formula is C26H26BrNO5. The smallest absolute Gasteiger partial charge is 0.255 e. The average Bonchev–Trinajstić information content (AvgIpc) is 2.86. The van der Waals surface area contributed by atoms with Crippen LogP contribution in [0.5, 0.6) is 23.0 Å². The number of methoxy groups -OCH3 is 4. The fraction of sp³-hybridized carbons (Fsp3) is 0.269. The van der Waals surface area contributed by atoms with Gasteiger partial charge in [0.25, 0.3) is 5.91 Å². The molecule has 0 fully saturated rings. The van der Waals surface area contributed by atoms with E-state index in [0.29, 0.717) is 41.5 Å². The first-order chi connectivity index (χ1) is 16.0. The zero-order chi connectivity index (χ0) is 23.5. The number of carbonyl (C=O) groups excluding carboxylic acids is 1. The highest BCUT2D eigenvalue weighted by Crippen LogP contribution is 2.43. The van der Waals surface area contributed by atoms with Crippen molar-refractivity contribution in [2.24, 2.45) is 0 Å². The number of carbonyl (C=O) groups is 1. The summed E-state index contributed by atoms with van der Waals surface area (Å²) < 4.78 is 22.9. The Morgan fingerprint density at radius 3 is 2.15 bits per heavy atom. The molecule has 6 nitrogen and oxygen atoms in total. The molecule has 4 rings (SSSR count). The van der Waals surface area contributed by atoms with Crippen LogP contribution in [-0.2, 0) is 6.42 Å². The van der Waals surface area contributed by atoms with E-state index in [1.807, 2.05) is 59.5 Å². The maximum Gasteiger partial charge on any atom is 0.255 e. The van der Waals surface area contributed by atoms with E-state index in [1.165, 1.54) is 0 Å². The standard InChI is InChI=1S/C26H26BrNO5/c1-30-21-10-9-17(14-22(21)31-2)25-19-15-24(33-4)23(32-3)13-16(19)11-12-28(25)26(29)18-7-5-6-8-20(18)27/h5-10,13-15,25H,11-12H2,1-4H3/t25-/m0/s1. The van der Waals surface area contributed by atoms with E-state index in [4.69, 9.17) is 18.9 Å². The third kappa shape index (κ3) is 4.25. The van der Waals surface area contributed by atoms with Crippen molar-refractivity contribution in [2.75, 3.05) is 35.0 Å². The van der Waals surface area contributed by atoms with Crippen LogP contribution in [0, 0.1) is 0 Å². The van der Waals surface area contributed by atoms with Crippen LogP contribution in [0.15, 0.2) is 59.1 Å². The number of hydrogen-bond donors (Lipinski definition) is 0. The quantitative estimate of drug-likeness (QED) is 0.451. The SMILES string of the molecule is COc1ccc([C@H]2c3cc(OC)c(OC)cc3CCN2C(=O)c2ccccc2Br)cc1OC. The molecule has 1 atom stereocenters. The summed E-state index contributed by atoms with van der Waals surface area (Å²) in [6.45, 7) is 0.557. The van der Waals surface area contributed by atoms with Gasteiger partial charge in [-0.15, -0.1) is 0 Å². The first kappa shape index (κ1) is 23.0. The average molecular weight is 512 g/mol. The minimum Gasteiger partial charge on any atom is -0.493 e. The molecule has 1 amide bonds. The molecule has 1 aliphatic heterocycles. The number of benzene rings is 3. The summed E-state index contributed by atoms with van der Waals surface area (Å²) in [6.07, 6.45) is 0.704. The molecule has 0 spiro atoms. The fourth-order valence-corrected chi connectivity index (χ4v) is 4.79. The number of hydrogen-bond acceptors (Lipinski definition) is 5. The molecule has 1 aliphatic rings. The van der Waals surface area contributed by atoms with E-state index < -0.39 is 0 Å². The number of rotatable bonds is 6. The Kier molecular flexibility index (Phi) is 6.79. The van der Waals surface area contributed by atoms with Crippen LogP contribution < -0.4 is 18.9 Å². The van der Waals surface area contributed by atoms with Crippen molar-refractivity contribution in [3.05, 3.63) is 81.3 Å². The maximum absolute atomic E-state index is 13.8. The van der Waals surface area contributed by atoms with Crippen LogP contribution in [0.1, 0.15) is 33.1 Å². The normalized spacial score (nSPS) is 14.9. The molecule has 1 heterocycles. The molecule has 0 unspecified atom stereocenters. The van der Waals surface area contributed by atoms with Crippen LogP contribution in [0.25, 0.3) is 0 Å². The molecule has 7 heteroatoms. The number of fused-ring (bicyclic) bond motifs is 1. The Hall–Kier alpha value is -3.19. The lowest BCUT2D eigenvalue weighted by molar-refractivity contribution is 0.0693. The zero-order valence-corrected chi connectivity index (χ0v) is 20.6. The second kappa shape index (κ2) is 9.75. The van der Waals surface area contributed by atoms with Crippen molar-refractivity contribution in [3.8, 4) is 23.0 Å². The summed E-state index contributed by atoms with van der Waals surface area (Å²) in [5.41, 5.74) is 3.64. The van der Waals surface area contributed by atoms with Crippen LogP contribution >= 0.6 is 15.9 Å². The maximum atomic E-state index is 13.8. The fourth-order valence-electron chi connectivity index (χ4n) is 4.34. The Bertz CT molecular complexity index is 1180. The van der Waals surface area contributed by atoms with Crippen molar-refractivity contribution < 1.29 is 23.7 Å². The molecule has 3 aromatic rings. The molecular weight excluding hydrogens is 486 g/mol. The minimum atomic E-state index is -0.340. The first-order valence-corrected chi connectivity index (χ1v) is 11.3.